The largest absolute Gasteiger partial charge is 0.496 e. The molecule has 1 saturated heterocycles. The Labute approximate surface area is 102 Å². The van der Waals surface area contributed by atoms with Gasteiger partial charge in [0.05, 0.1) is 7.11 Å². The van der Waals surface area contributed by atoms with Crippen molar-refractivity contribution >= 4 is 17.8 Å². The predicted octanol–water partition coefficient (Wildman–Crippen LogP) is -0.751. The lowest BCUT2D eigenvalue weighted by Crippen LogP contribution is -2.64. The van der Waals surface area contributed by atoms with E-state index in [1.165, 1.54) is 25.3 Å². The lowest BCUT2D eigenvalue weighted by molar-refractivity contribution is -0.155. The molecule has 1 aliphatic heterocycles. The molecule has 1 heterocycles. The minimum Gasteiger partial charge on any atom is -0.496 e. The van der Waals surface area contributed by atoms with Crippen LogP contribution in [0, 0.1) is 0 Å². The fraction of sp³-hybridized carbons (Fsp3) is 0.182. The number of methoxy groups -OCH3 is 1. The number of amides is 4. The molecule has 4 amide bonds. The summed E-state index contributed by atoms with van der Waals surface area (Å²) in [7, 11) is 1.34. The molecule has 0 unspecified atom stereocenters. The van der Waals surface area contributed by atoms with Crippen molar-refractivity contribution in [1.82, 2.24) is 10.6 Å². The Morgan fingerprint density at radius 1 is 1.11 bits per heavy atom. The number of nitrogens with one attached hydrogen (secondary N) is 2. The van der Waals surface area contributed by atoms with Crippen LogP contribution in [0.4, 0.5) is 4.79 Å². The van der Waals surface area contributed by atoms with Crippen LogP contribution in [0.15, 0.2) is 24.3 Å². The van der Waals surface area contributed by atoms with Gasteiger partial charge in [0.15, 0.2) is 0 Å². The lowest BCUT2D eigenvalue weighted by atomic mass is 9.90. The number of carbonyl (C=O) groups is 3. The van der Waals surface area contributed by atoms with Crippen molar-refractivity contribution in [1.29, 1.82) is 0 Å². The predicted molar refractivity (Wildman–Crippen MR) is 58.6 cm³/mol. The number of imide groups is 2. The first kappa shape index (κ1) is 12.1. The Morgan fingerprint density at radius 3 is 2.22 bits per heavy atom. The molecule has 0 bridgehead atoms. The van der Waals surface area contributed by atoms with Crippen LogP contribution in [0.1, 0.15) is 5.56 Å². The minimum atomic E-state index is -2.49. The topological polar surface area (TPSA) is 105 Å². The highest BCUT2D eigenvalue weighted by Gasteiger charge is 2.52. The molecular formula is C11H10N2O5. The first-order valence-corrected chi connectivity index (χ1v) is 5.03. The minimum absolute atomic E-state index is 0.0324. The molecule has 1 fully saturated rings. The van der Waals surface area contributed by atoms with Crippen molar-refractivity contribution < 1.29 is 24.2 Å². The molecule has 7 heteroatoms. The van der Waals surface area contributed by atoms with Crippen molar-refractivity contribution in [3.05, 3.63) is 29.8 Å². The number of barbiturate groups is 1. The second-order valence-corrected chi connectivity index (χ2v) is 3.65. The van der Waals surface area contributed by atoms with Crippen molar-refractivity contribution in [2.24, 2.45) is 0 Å². The molecule has 1 aromatic rings. The van der Waals surface area contributed by atoms with E-state index in [2.05, 4.69) is 0 Å². The summed E-state index contributed by atoms with van der Waals surface area (Å²) in [5, 5.41) is 13.9. The Morgan fingerprint density at radius 2 is 1.67 bits per heavy atom. The average molecular weight is 250 g/mol. The number of urea groups is 1. The van der Waals surface area contributed by atoms with E-state index in [-0.39, 0.29) is 11.3 Å². The molecule has 1 aliphatic rings. The third-order valence-corrected chi connectivity index (χ3v) is 2.61. The molecular weight excluding hydrogens is 240 g/mol. The summed E-state index contributed by atoms with van der Waals surface area (Å²) in [5.74, 6) is -2.05. The van der Waals surface area contributed by atoms with Crippen LogP contribution in [-0.2, 0) is 15.2 Å². The smallest absolute Gasteiger partial charge is 0.328 e. The van der Waals surface area contributed by atoms with Crippen LogP contribution < -0.4 is 15.4 Å². The molecule has 0 radical (unpaired) electrons. The maximum absolute atomic E-state index is 11.7. The normalized spacial score (nSPS) is 18.0. The molecule has 2 rings (SSSR count). The van der Waals surface area contributed by atoms with Crippen LogP contribution in [0.25, 0.3) is 0 Å². The second-order valence-electron chi connectivity index (χ2n) is 3.65. The summed E-state index contributed by atoms with van der Waals surface area (Å²) >= 11 is 0. The summed E-state index contributed by atoms with van der Waals surface area (Å²) in [6.45, 7) is 0. The SMILES string of the molecule is COc1ccccc1C1(O)C(=O)NC(=O)NC1=O. The second kappa shape index (κ2) is 4.11. The van der Waals surface area contributed by atoms with Gasteiger partial charge < -0.3 is 9.84 Å². The van der Waals surface area contributed by atoms with E-state index in [4.69, 9.17) is 4.74 Å². The number of hydrogen-bond donors (Lipinski definition) is 3. The molecule has 0 saturated carbocycles. The van der Waals surface area contributed by atoms with E-state index in [1.807, 2.05) is 10.6 Å². The van der Waals surface area contributed by atoms with Gasteiger partial charge in [-0.15, -0.1) is 0 Å². The highest BCUT2D eigenvalue weighted by atomic mass is 16.5. The van der Waals surface area contributed by atoms with Crippen LogP contribution in [0.3, 0.4) is 0 Å². The van der Waals surface area contributed by atoms with Crippen molar-refractivity contribution in [3.63, 3.8) is 0 Å². The van der Waals surface area contributed by atoms with Crippen LogP contribution in [-0.4, -0.2) is 30.1 Å². The number of para-hydroxylation sites is 1. The number of aliphatic hydroxyl groups is 1. The van der Waals surface area contributed by atoms with E-state index in [0.29, 0.717) is 0 Å². The number of hydrogen-bond acceptors (Lipinski definition) is 5. The van der Waals surface area contributed by atoms with Gasteiger partial charge >= 0.3 is 6.03 Å². The van der Waals surface area contributed by atoms with Gasteiger partial charge in [0.25, 0.3) is 17.4 Å². The molecule has 18 heavy (non-hydrogen) atoms. The van der Waals surface area contributed by atoms with Gasteiger partial charge in [-0.05, 0) is 6.07 Å². The van der Waals surface area contributed by atoms with Crippen molar-refractivity contribution in [2.45, 2.75) is 5.60 Å². The average Bonchev–Trinajstić information content (AvgIpc) is 2.35. The summed E-state index contributed by atoms with van der Waals surface area (Å²) in [5.41, 5.74) is -2.52. The number of benzene rings is 1. The summed E-state index contributed by atoms with van der Waals surface area (Å²) in [6, 6.07) is 5.05. The summed E-state index contributed by atoms with van der Waals surface area (Å²) in [6.07, 6.45) is 0. The van der Waals surface area contributed by atoms with E-state index in [9.17, 15) is 19.5 Å². The summed E-state index contributed by atoms with van der Waals surface area (Å²) < 4.78 is 4.98. The fourth-order valence-electron chi connectivity index (χ4n) is 1.71. The monoisotopic (exact) mass is 250 g/mol. The van der Waals surface area contributed by atoms with Crippen molar-refractivity contribution in [2.75, 3.05) is 7.11 Å². The van der Waals surface area contributed by atoms with Crippen molar-refractivity contribution in [3.8, 4) is 5.75 Å². The standard InChI is InChI=1S/C11H10N2O5/c1-18-7-5-3-2-4-6(7)11(17)8(14)12-10(16)13-9(11)15/h2-5,17H,1H3,(H2,12,13,14,15,16). The zero-order chi connectivity index (χ0) is 13.3. The zero-order valence-corrected chi connectivity index (χ0v) is 9.39. The highest BCUT2D eigenvalue weighted by molar-refractivity contribution is 6.21. The van der Waals surface area contributed by atoms with Gasteiger partial charge in [-0.3, -0.25) is 20.2 Å². The number of carbonyl (C=O) groups excluding carboxylic acids is 3. The number of rotatable bonds is 2. The molecule has 1 aromatic carbocycles. The van der Waals surface area contributed by atoms with E-state index >= 15 is 0 Å². The molecule has 0 aliphatic carbocycles. The lowest BCUT2D eigenvalue weighted by Gasteiger charge is -2.30. The van der Waals surface area contributed by atoms with Crippen LogP contribution >= 0.6 is 0 Å². The molecule has 0 aromatic heterocycles. The maximum atomic E-state index is 11.7. The van der Waals surface area contributed by atoms with Gasteiger partial charge in [0.1, 0.15) is 5.75 Å². The highest BCUT2D eigenvalue weighted by Crippen LogP contribution is 2.31. The van der Waals surface area contributed by atoms with E-state index < -0.39 is 23.4 Å². The van der Waals surface area contributed by atoms with Crippen LogP contribution in [0.5, 0.6) is 5.75 Å². The van der Waals surface area contributed by atoms with E-state index in [1.54, 1.807) is 6.07 Å². The summed E-state index contributed by atoms with van der Waals surface area (Å²) in [4.78, 5) is 34.4. The molecule has 0 atom stereocenters. The first-order valence-electron chi connectivity index (χ1n) is 5.03. The molecule has 94 valence electrons. The number of ether oxygens (including phenoxy) is 1. The van der Waals surface area contributed by atoms with E-state index in [0.717, 1.165) is 0 Å². The fourth-order valence-corrected chi connectivity index (χ4v) is 1.71. The van der Waals surface area contributed by atoms with Gasteiger partial charge in [0, 0.05) is 5.56 Å². The Balaban J connectivity index is 2.56. The van der Waals surface area contributed by atoms with Gasteiger partial charge in [-0.25, -0.2) is 4.79 Å². The Kier molecular flexibility index (Phi) is 2.76. The van der Waals surface area contributed by atoms with Gasteiger partial charge in [-0.1, -0.05) is 18.2 Å². The molecule has 0 spiro atoms. The van der Waals surface area contributed by atoms with Gasteiger partial charge in [0.2, 0.25) is 0 Å². The Hall–Kier alpha value is -2.41. The zero-order valence-electron chi connectivity index (χ0n) is 9.39. The molecule has 7 nitrogen and oxygen atoms in total. The quantitative estimate of drug-likeness (QED) is 0.599. The third-order valence-electron chi connectivity index (χ3n) is 2.61. The molecule has 3 N–H and O–H groups in total. The maximum Gasteiger partial charge on any atom is 0.328 e. The Bertz CT molecular complexity index is 520. The first-order chi connectivity index (χ1) is 8.50. The third kappa shape index (κ3) is 1.61. The van der Waals surface area contributed by atoms with Gasteiger partial charge in [-0.2, -0.15) is 0 Å². The van der Waals surface area contributed by atoms with Crippen LogP contribution in [0.2, 0.25) is 0 Å².